The average molecular weight is 1500 g/mol. The Balaban J connectivity index is 1.39. The van der Waals surface area contributed by atoms with Gasteiger partial charge in [0.2, 0.25) is 47.3 Å². The molecule has 8 amide bonds. The van der Waals surface area contributed by atoms with Crippen LogP contribution < -0.4 is 42.5 Å². The summed E-state index contributed by atoms with van der Waals surface area (Å²) in [6, 6.07) is -5.73. The molecule has 3 aliphatic heterocycles. The van der Waals surface area contributed by atoms with Gasteiger partial charge in [0.1, 0.15) is 105 Å². The summed E-state index contributed by atoms with van der Waals surface area (Å²) in [5.41, 5.74) is 0. The van der Waals surface area contributed by atoms with Crippen LogP contribution in [0.4, 0.5) is 0 Å². The molecule has 3 saturated heterocycles. The molecule has 3 aliphatic rings. The summed E-state index contributed by atoms with van der Waals surface area (Å²) in [4.78, 5) is 101. The summed E-state index contributed by atoms with van der Waals surface area (Å²) in [7, 11) is 0. The fourth-order valence-electron chi connectivity index (χ4n) is 10.3. The van der Waals surface area contributed by atoms with Crippen molar-refractivity contribution in [1.82, 2.24) is 42.5 Å². The molecule has 0 spiro atoms. The molecule has 103 heavy (non-hydrogen) atoms. The van der Waals surface area contributed by atoms with Crippen molar-refractivity contribution in [1.29, 1.82) is 0 Å². The van der Waals surface area contributed by atoms with Gasteiger partial charge in [-0.05, 0) is 52.4 Å². The lowest BCUT2D eigenvalue weighted by Crippen LogP contribution is -2.64. The Bertz CT molecular complexity index is 2380. The average Bonchev–Trinajstić information content (AvgIpc) is 0.823. The van der Waals surface area contributed by atoms with Crippen LogP contribution in [-0.4, -0.2) is 375 Å². The number of ether oxygens (including phenoxy) is 15. The first-order chi connectivity index (χ1) is 49.4. The number of amides is 8. The van der Waals surface area contributed by atoms with Gasteiger partial charge in [-0.15, -0.1) is 0 Å². The van der Waals surface area contributed by atoms with Crippen molar-refractivity contribution >= 4 is 47.3 Å². The van der Waals surface area contributed by atoms with Gasteiger partial charge in [0.25, 0.3) is 0 Å². The number of rotatable bonds is 57. The van der Waals surface area contributed by atoms with Gasteiger partial charge in [-0.1, -0.05) is 0 Å². The van der Waals surface area contributed by atoms with E-state index in [9.17, 15) is 84.3 Å². The third-order valence-electron chi connectivity index (χ3n) is 15.4. The monoisotopic (exact) mass is 1490 g/mol. The Labute approximate surface area is 598 Å². The van der Waals surface area contributed by atoms with Gasteiger partial charge in [0, 0.05) is 39.9 Å². The highest BCUT2D eigenvalue weighted by Gasteiger charge is 2.48. The summed E-state index contributed by atoms with van der Waals surface area (Å²) < 4.78 is 82.7. The quantitative estimate of drug-likeness (QED) is 0.0252. The molecule has 17 atom stereocenters. The zero-order valence-electron chi connectivity index (χ0n) is 59.4. The summed E-state index contributed by atoms with van der Waals surface area (Å²) >= 11 is 0. The zero-order valence-corrected chi connectivity index (χ0v) is 59.4. The van der Waals surface area contributed by atoms with Crippen molar-refractivity contribution in [3.05, 3.63) is 0 Å². The minimum atomic E-state index is -1.47. The van der Waals surface area contributed by atoms with Gasteiger partial charge >= 0.3 is 0 Å². The number of hydrogen-bond donors (Lipinski definition) is 17. The van der Waals surface area contributed by atoms with Crippen molar-refractivity contribution in [3.63, 3.8) is 0 Å². The number of carbonyl (C=O) groups excluding carboxylic acids is 8. The molecule has 3 heterocycles. The van der Waals surface area contributed by atoms with Crippen molar-refractivity contribution in [2.24, 2.45) is 0 Å². The molecule has 40 heteroatoms. The highest BCUT2D eigenvalue weighted by molar-refractivity contribution is 5.92. The predicted octanol–water partition coefficient (Wildman–Crippen LogP) is -8.92. The van der Waals surface area contributed by atoms with E-state index in [2.05, 4.69) is 42.5 Å². The van der Waals surface area contributed by atoms with Gasteiger partial charge in [0.05, 0.1) is 139 Å². The first-order valence-electron chi connectivity index (χ1n) is 34.6. The molecule has 0 aromatic carbocycles. The molecule has 0 bridgehead atoms. The first kappa shape index (κ1) is 92.0. The Morgan fingerprint density at radius 3 is 0.913 bits per heavy atom. The van der Waals surface area contributed by atoms with Crippen LogP contribution in [0.2, 0.25) is 0 Å². The molecule has 0 radical (unpaired) electrons. The second kappa shape index (κ2) is 54.4. The number of nitrogens with one attached hydrogen (secondary N) is 8. The molecule has 3 fully saturated rings. The highest BCUT2D eigenvalue weighted by atomic mass is 16.7. The topological polar surface area (TPSA) is 553 Å². The van der Waals surface area contributed by atoms with E-state index in [1.54, 1.807) is 13.8 Å². The Morgan fingerprint density at radius 2 is 0.621 bits per heavy atom. The molecule has 0 saturated carbocycles. The molecule has 598 valence electrons. The fourth-order valence-corrected chi connectivity index (χ4v) is 10.3. The molecule has 40 nitrogen and oxygen atoms in total. The maximum atomic E-state index is 14.0. The smallest absolute Gasteiger partial charge is 0.246 e. The number of aliphatic hydroxyl groups excluding tert-OH is 9. The first-order valence-corrected chi connectivity index (χ1v) is 34.6. The van der Waals surface area contributed by atoms with E-state index >= 15 is 0 Å². The number of hydrogen-bond acceptors (Lipinski definition) is 32. The summed E-state index contributed by atoms with van der Waals surface area (Å²) in [5, 5.41) is 111. The molecule has 17 N–H and O–H groups in total. The number of carbonyl (C=O) groups is 8. The molecule has 0 aliphatic carbocycles. The van der Waals surface area contributed by atoms with E-state index in [0.717, 1.165) is 0 Å². The van der Waals surface area contributed by atoms with Crippen LogP contribution in [0.1, 0.15) is 73.1 Å². The van der Waals surface area contributed by atoms with Crippen LogP contribution in [0.25, 0.3) is 0 Å². The van der Waals surface area contributed by atoms with Crippen LogP contribution in [-0.2, 0) is 109 Å². The maximum Gasteiger partial charge on any atom is 0.246 e. The minimum absolute atomic E-state index is 0.00824. The van der Waals surface area contributed by atoms with E-state index in [1.807, 2.05) is 0 Å². The van der Waals surface area contributed by atoms with E-state index in [4.69, 9.17) is 71.1 Å². The lowest BCUT2D eigenvalue weighted by Gasteiger charge is -2.42. The largest absolute Gasteiger partial charge is 0.394 e. The van der Waals surface area contributed by atoms with E-state index in [1.165, 1.54) is 20.8 Å². The molecule has 3 rings (SSSR count). The third kappa shape index (κ3) is 38.3. The van der Waals surface area contributed by atoms with Gasteiger partial charge in [-0.2, -0.15) is 0 Å². The van der Waals surface area contributed by atoms with Gasteiger partial charge in [0.15, 0.2) is 18.9 Å². The van der Waals surface area contributed by atoms with Crippen LogP contribution >= 0.6 is 0 Å². The fraction of sp³-hybridized carbons (Fsp3) is 0.873. The standard InChI is InChI=1S/C63H114N8O32/c1-38(2)66-59(87)43(11-7-9-13-65-48(79)36-96-24-21-90-15-18-93-27-30-99-62-51(68-40(4)76)57(85)54(82)45(33-73)102-62)71-60(88)42(70-49(80)37-97-25-22-91-16-19-94-28-31-100-63-52(69-41(5)77)58(86)55(83)46(34-74)103-63)10-6-8-12-64-47(78)35-95-23-20-89-14-17-92-26-29-98-61-50(67-39(3)75)56(84)53(81)44(32-72)101-61/h38,42-46,50-58,61-63,72-74,81-86H,6-37H2,1-5H3,(H,64,78)(H,65,79)(H,66,87)(H,67,75)(H,68,76)(H,69,77)(H,70,80)(H,71,88)/t42?,43?,44?,45?,46?,50?,51?,52?,53-,54-,55-,56+,57+,58+,61+,62+,63+/m0/s1. The number of unbranched alkanes of at least 4 members (excludes halogenated alkanes) is 2. The normalized spacial score (nSPS) is 25.4. The van der Waals surface area contributed by atoms with E-state index in [-0.39, 0.29) is 164 Å². The van der Waals surface area contributed by atoms with Gasteiger partial charge in [-0.3, -0.25) is 38.4 Å². The third-order valence-corrected chi connectivity index (χ3v) is 15.4. The Hall–Kier alpha value is -5.20. The molecule has 0 aromatic rings. The van der Waals surface area contributed by atoms with Crippen molar-refractivity contribution in [2.75, 3.05) is 172 Å². The molecular weight excluding hydrogens is 1380 g/mol. The van der Waals surface area contributed by atoms with Crippen molar-refractivity contribution in [2.45, 2.75) is 183 Å². The summed E-state index contributed by atoms with van der Waals surface area (Å²) in [5.74, 6) is -4.05. The highest BCUT2D eigenvalue weighted by Crippen LogP contribution is 2.25. The number of aliphatic hydroxyl groups is 9. The Morgan fingerprint density at radius 1 is 0.350 bits per heavy atom. The molecule has 0 aromatic heterocycles. The lowest BCUT2D eigenvalue weighted by atomic mass is 9.97. The summed E-state index contributed by atoms with van der Waals surface area (Å²) in [6.45, 7) is 6.48. The van der Waals surface area contributed by atoms with E-state index in [0.29, 0.717) is 25.7 Å². The van der Waals surface area contributed by atoms with Crippen LogP contribution in [0.3, 0.4) is 0 Å². The van der Waals surface area contributed by atoms with Crippen molar-refractivity contribution < 1.29 is 155 Å². The molecule has 8 unspecified atom stereocenters. The van der Waals surface area contributed by atoms with E-state index < -0.39 is 178 Å². The second-order valence-electron chi connectivity index (χ2n) is 24.3. The van der Waals surface area contributed by atoms with Gasteiger partial charge in [-0.25, -0.2) is 0 Å². The SMILES string of the molecule is CC(=O)NC1[C@H](OCCOCCOCCOCC(=O)NCCCCC(NC(=O)COCCOCCOCCO[C@@H]2OC(CO)[C@H](O)[C@H](O)C2NC(C)=O)C(=O)NC(CCCCNC(=O)COCCOCCOCCO[C@@H]2OC(CO)[C@H](O)[C@H](O)C2NC(C)=O)C(=O)NC(C)C)OC(CO)[C@H](O)[C@@H]1O. The van der Waals surface area contributed by atoms with Crippen LogP contribution in [0.15, 0.2) is 0 Å². The predicted molar refractivity (Wildman–Crippen MR) is 352 cm³/mol. The van der Waals surface area contributed by atoms with Crippen LogP contribution in [0.5, 0.6) is 0 Å². The second-order valence-corrected chi connectivity index (χ2v) is 24.3. The maximum absolute atomic E-state index is 14.0. The summed E-state index contributed by atoms with van der Waals surface area (Å²) in [6.07, 6.45) is -13.8. The van der Waals surface area contributed by atoms with Gasteiger partial charge < -0.3 is 160 Å². The minimum Gasteiger partial charge on any atom is -0.394 e. The Kier molecular flexibility index (Phi) is 48.6. The zero-order chi connectivity index (χ0) is 75.9. The molecular formula is C63H114N8O32. The van der Waals surface area contributed by atoms with Crippen LogP contribution in [0, 0.1) is 0 Å². The van der Waals surface area contributed by atoms with Crippen molar-refractivity contribution in [3.8, 4) is 0 Å². The lowest BCUT2D eigenvalue weighted by molar-refractivity contribution is -0.272.